The van der Waals surface area contributed by atoms with Gasteiger partial charge >= 0.3 is 0 Å². The van der Waals surface area contributed by atoms with E-state index >= 15 is 0 Å². The number of amides is 1. The largest absolute Gasteiger partial charge is 0.348 e. The van der Waals surface area contributed by atoms with E-state index in [1.165, 1.54) is 10.6 Å². The molecular formula is C23H24N4O2S. The molecule has 1 N–H and O–H groups in total. The van der Waals surface area contributed by atoms with Gasteiger partial charge < -0.3 is 10.2 Å². The zero-order valence-corrected chi connectivity index (χ0v) is 17.7. The summed E-state index contributed by atoms with van der Waals surface area (Å²) in [5.74, 6) is 0.442. The van der Waals surface area contributed by atoms with Crippen LogP contribution in [0.25, 0.3) is 16.9 Å². The number of aryl methyl sites for hydroxylation is 1. The molecule has 2 bridgehead atoms. The monoisotopic (exact) mass is 420 g/mol. The zero-order valence-electron chi connectivity index (χ0n) is 16.9. The van der Waals surface area contributed by atoms with Crippen LogP contribution in [0.15, 0.2) is 52.8 Å². The maximum Gasteiger partial charge on any atom is 0.255 e. The van der Waals surface area contributed by atoms with E-state index in [0.29, 0.717) is 11.5 Å². The number of piperidine rings is 3. The molecule has 1 amide bonds. The Morgan fingerprint density at radius 2 is 2.03 bits per heavy atom. The van der Waals surface area contributed by atoms with Gasteiger partial charge in [-0.05, 0) is 57.0 Å². The Balaban J connectivity index is 1.41. The van der Waals surface area contributed by atoms with Crippen molar-refractivity contribution in [2.45, 2.75) is 25.8 Å². The molecule has 0 spiro atoms. The molecule has 3 aliphatic heterocycles. The van der Waals surface area contributed by atoms with Crippen LogP contribution in [0.5, 0.6) is 0 Å². The average Bonchev–Trinajstić information content (AvgIpc) is 3.21. The Kier molecular flexibility index (Phi) is 5.00. The highest BCUT2D eigenvalue weighted by Crippen LogP contribution is 2.28. The van der Waals surface area contributed by atoms with E-state index in [-0.39, 0.29) is 17.5 Å². The zero-order chi connectivity index (χ0) is 20.7. The van der Waals surface area contributed by atoms with Crippen molar-refractivity contribution in [2.75, 3.05) is 19.6 Å². The van der Waals surface area contributed by atoms with Crippen LogP contribution in [-0.4, -0.2) is 46.0 Å². The number of hydrogen-bond donors (Lipinski definition) is 1. The van der Waals surface area contributed by atoms with E-state index in [4.69, 9.17) is 0 Å². The molecule has 30 heavy (non-hydrogen) atoms. The number of aromatic nitrogens is 2. The number of pyridine rings is 1. The second-order valence-electron chi connectivity index (χ2n) is 8.15. The maximum absolute atomic E-state index is 12.9. The fraction of sp³-hybridized carbons (Fsp3) is 0.348. The smallest absolute Gasteiger partial charge is 0.255 e. The lowest BCUT2D eigenvalue weighted by Crippen LogP contribution is -2.57. The van der Waals surface area contributed by atoms with Crippen LogP contribution >= 0.6 is 11.3 Å². The highest BCUT2D eigenvalue weighted by Gasteiger charge is 2.35. The molecule has 3 aromatic rings. The van der Waals surface area contributed by atoms with Crippen LogP contribution < -0.4 is 10.9 Å². The predicted octanol–water partition coefficient (Wildman–Crippen LogP) is 3.09. The van der Waals surface area contributed by atoms with Crippen molar-refractivity contribution < 1.29 is 4.79 Å². The van der Waals surface area contributed by atoms with Crippen LogP contribution in [0.3, 0.4) is 0 Å². The van der Waals surface area contributed by atoms with Crippen LogP contribution in [0.2, 0.25) is 0 Å². The average molecular weight is 421 g/mol. The molecule has 6 nitrogen and oxygen atoms in total. The summed E-state index contributed by atoms with van der Waals surface area (Å²) in [6.07, 6.45) is 3.94. The van der Waals surface area contributed by atoms with Gasteiger partial charge in [-0.3, -0.25) is 14.2 Å². The first-order valence-electron chi connectivity index (χ1n) is 10.4. The van der Waals surface area contributed by atoms with Gasteiger partial charge in [0.25, 0.3) is 11.5 Å². The third-order valence-electron chi connectivity index (χ3n) is 6.19. The normalized spacial score (nSPS) is 22.8. The van der Waals surface area contributed by atoms with Crippen molar-refractivity contribution in [3.8, 4) is 16.9 Å². The lowest BCUT2D eigenvalue weighted by molar-refractivity contribution is 0.0620. The molecule has 1 unspecified atom stereocenters. The number of thiazole rings is 1. The molecule has 2 aromatic heterocycles. The van der Waals surface area contributed by atoms with E-state index in [1.54, 1.807) is 23.6 Å². The first kappa shape index (κ1) is 19.2. The SMILES string of the molecule is Cc1nc(-c2cccc(-n3cc(C(=O)NC4CN5CCC4CC5)ccc3=O)c2)cs1. The second-order valence-corrected chi connectivity index (χ2v) is 9.21. The molecule has 3 saturated heterocycles. The summed E-state index contributed by atoms with van der Waals surface area (Å²) in [5, 5.41) is 6.21. The van der Waals surface area contributed by atoms with Crippen molar-refractivity contribution in [1.82, 2.24) is 19.8 Å². The first-order chi connectivity index (χ1) is 14.6. The summed E-state index contributed by atoms with van der Waals surface area (Å²) < 4.78 is 1.54. The summed E-state index contributed by atoms with van der Waals surface area (Å²) in [6.45, 7) is 5.17. The third kappa shape index (κ3) is 3.70. The summed E-state index contributed by atoms with van der Waals surface area (Å²) in [4.78, 5) is 32.4. The number of benzene rings is 1. The molecule has 5 heterocycles. The minimum atomic E-state index is -0.166. The standard InChI is InChI=1S/C23H24N4O2S/c1-15-24-21(14-30-15)17-3-2-4-19(11-17)27-12-18(5-6-22(27)28)23(29)25-20-13-26-9-7-16(20)8-10-26/h2-6,11-12,14,16,20H,7-10,13H2,1H3,(H,25,29). The minimum Gasteiger partial charge on any atom is -0.348 e. The van der Waals surface area contributed by atoms with Gasteiger partial charge in [0, 0.05) is 41.5 Å². The van der Waals surface area contributed by atoms with Gasteiger partial charge in [0.15, 0.2) is 0 Å². The number of nitrogens with one attached hydrogen (secondary N) is 1. The predicted molar refractivity (Wildman–Crippen MR) is 118 cm³/mol. The van der Waals surface area contributed by atoms with Gasteiger partial charge in [-0.25, -0.2) is 4.98 Å². The Morgan fingerprint density at radius 3 is 2.73 bits per heavy atom. The second kappa shape index (κ2) is 7.81. The van der Waals surface area contributed by atoms with Crippen molar-refractivity contribution in [3.63, 3.8) is 0 Å². The number of hydrogen-bond acceptors (Lipinski definition) is 5. The molecule has 7 heteroatoms. The van der Waals surface area contributed by atoms with E-state index in [1.807, 2.05) is 36.6 Å². The summed E-state index contributed by atoms with van der Waals surface area (Å²) >= 11 is 1.60. The van der Waals surface area contributed by atoms with Crippen LogP contribution in [0, 0.1) is 12.8 Å². The summed E-state index contributed by atoms with van der Waals surface area (Å²) in [7, 11) is 0. The van der Waals surface area contributed by atoms with Gasteiger partial charge in [-0.1, -0.05) is 12.1 Å². The highest BCUT2D eigenvalue weighted by atomic mass is 32.1. The van der Waals surface area contributed by atoms with E-state index < -0.39 is 0 Å². The van der Waals surface area contributed by atoms with Crippen molar-refractivity contribution in [3.05, 3.63) is 68.9 Å². The lowest BCUT2D eigenvalue weighted by Gasteiger charge is -2.44. The Labute approximate surface area is 179 Å². The van der Waals surface area contributed by atoms with Crippen LogP contribution in [0.1, 0.15) is 28.2 Å². The van der Waals surface area contributed by atoms with E-state index in [2.05, 4.69) is 15.2 Å². The molecule has 3 fully saturated rings. The van der Waals surface area contributed by atoms with Gasteiger partial charge in [-0.2, -0.15) is 0 Å². The third-order valence-corrected chi connectivity index (χ3v) is 6.96. The molecule has 154 valence electrons. The summed E-state index contributed by atoms with van der Waals surface area (Å²) in [5.41, 5.74) is 2.90. The molecule has 6 rings (SSSR count). The fourth-order valence-electron chi connectivity index (χ4n) is 4.51. The fourth-order valence-corrected chi connectivity index (χ4v) is 5.14. The molecular weight excluding hydrogens is 396 g/mol. The summed E-state index contributed by atoms with van der Waals surface area (Å²) in [6, 6.07) is 11.0. The molecule has 0 saturated carbocycles. The van der Waals surface area contributed by atoms with Crippen LogP contribution in [0.4, 0.5) is 0 Å². The minimum absolute atomic E-state index is 0.117. The van der Waals surface area contributed by atoms with Crippen LogP contribution in [-0.2, 0) is 0 Å². The lowest BCUT2D eigenvalue weighted by atomic mass is 9.84. The molecule has 1 atom stereocenters. The maximum atomic E-state index is 12.9. The van der Waals surface area contributed by atoms with Gasteiger partial charge in [0.2, 0.25) is 0 Å². The Morgan fingerprint density at radius 1 is 1.20 bits per heavy atom. The highest BCUT2D eigenvalue weighted by molar-refractivity contribution is 7.09. The van der Waals surface area contributed by atoms with Gasteiger partial charge in [-0.15, -0.1) is 11.3 Å². The number of fused-ring (bicyclic) bond motifs is 3. The van der Waals surface area contributed by atoms with E-state index in [9.17, 15) is 9.59 Å². The van der Waals surface area contributed by atoms with E-state index in [0.717, 1.165) is 54.4 Å². The molecule has 0 radical (unpaired) electrons. The first-order valence-corrected chi connectivity index (χ1v) is 11.2. The quantitative estimate of drug-likeness (QED) is 0.704. The van der Waals surface area contributed by atoms with Crippen molar-refractivity contribution >= 4 is 17.2 Å². The van der Waals surface area contributed by atoms with Gasteiger partial charge in [0.05, 0.1) is 16.3 Å². The van der Waals surface area contributed by atoms with Crippen molar-refractivity contribution in [2.24, 2.45) is 5.92 Å². The van der Waals surface area contributed by atoms with Crippen molar-refractivity contribution in [1.29, 1.82) is 0 Å². The number of carbonyl (C=O) groups is 1. The number of rotatable bonds is 4. The number of carbonyl (C=O) groups excluding carboxylic acids is 1. The molecule has 1 aromatic carbocycles. The number of nitrogens with zero attached hydrogens (tertiary/aromatic N) is 3. The van der Waals surface area contributed by atoms with Gasteiger partial charge in [0.1, 0.15) is 0 Å². The topological polar surface area (TPSA) is 67.2 Å². The molecule has 3 aliphatic rings. The Bertz CT molecular complexity index is 1140. The Hall–Kier alpha value is -2.77. The molecule has 0 aliphatic carbocycles.